The van der Waals surface area contributed by atoms with Crippen molar-refractivity contribution < 1.29 is 34.7 Å². The van der Waals surface area contributed by atoms with Gasteiger partial charge in [-0.3, -0.25) is 4.79 Å². The molecule has 138 valence electrons. The third-order valence-electron chi connectivity index (χ3n) is 4.01. The molecule has 0 saturated heterocycles. The topological polar surface area (TPSA) is 131 Å². The van der Waals surface area contributed by atoms with E-state index in [4.69, 9.17) is 12.3 Å². The zero-order valence-corrected chi connectivity index (χ0v) is 16.6. The minimum Gasteiger partial charge on any atom is -0.506 e. The number of aliphatic hydroxyl groups excluding tert-OH is 1. The standard InChI is InChI=1S/C17H11BBr2O7/c18-11-15(25)16(26)14(24)10-9(8(1-2-21)27-17(10)11)12(22)5-3-6(19)13(23)7(20)4-5/h3-4,21,23-26H,1-2H2. The molecule has 0 aliphatic carbocycles. The Morgan fingerprint density at radius 2 is 1.59 bits per heavy atom. The molecule has 2 aromatic carbocycles. The fourth-order valence-electron chi connectivity index (χ4n) is 2.72. The molecule has 0 amide bonds. The van der Waals surface area contributed by atoms with Crippen LogP contribution in [0.2, 0.25) is 0 Å². The molecule has 5 N–H and O–H groups in total. The van der Waals surface area contributed by atoms with Crippen molar-refractivity contribution in [2.24, 2.45) is 0 Å². The fourth-order valence-corrected chi connectivity index (χ4v) is 3.90. The van der Waals surface area contributed by atoms with Crippen molar-refractivity contribution in [3.05, 3.63) is 38.0 Å². The van der Waals surface area contributed by atoms with E-state index >= 15 is 0 Å². The van der Waals surface area contributed by atoms with E-state index in [1.54, 1.807) is 0 Å². The van der Waals surface area contributed by atoms with E-state index in [-0.39, 0.29) is 61.0 Å². The van der Waals surface area contributed by atoms with Crippen LogP contribution in [0.15, 0.2) is 25.5 Å². The number of carbonyl (C=O) groups excluding carboxylic acids is 1. The van der Waals surface area contributed by atoms with Crippen LogP contribution in [0.5, 0.6) is 23.0 Å². The molecule has 27 heavy (non-hydrogen) atoms. The second kappa shape index (κ2) is 7.10. The Bertz CT molecular complexity index is 1070. The van der Waals surface area contributed by atoms with E-state index in [2.05, 4.69) is 31.9 Å². The smallest absolute Gasteiger partial charge is 0.200 e. The average molecular weight is 498 g/mol. The van der Waals surface area contributed by atoms with E-state index in [0.717, 1.165) is 0 Å². The molecule has 10 heteroatoms. The van der Waals surface area contributed by atoms with Crippen molar-refractivity contribution in [1.82, 2.24) is 0 Å². The van der Waals surface area contributed by atoms with Gasteiger partial charge in [-0.15, -0.1) is 0 Å². The number of hydrogen-bond donors (Lipinski definition) is 5. The lowest BCUT2D eigenvalue weighted by atomic mass is 9.89. The first-order valence-corrected chi connectivity index (χ1v) is 9.08. The van der Waals surface area contributed by atoms with Crippen LogP contribution in [0.3, 0.4) is 0 Å². The zero-order chi connectivity index (χ0) is 20.0. The SMILES string of the molecule is [B]c1c(O)c(O)c(O)c2c(C(=O)c3cc(Br)c(O)c(Br)c3)c(CCO)oc12. The van der Waals surface area contributed by atoms with Crippen LogP contribution in [0, 0.1) is 0 Å². The quantitative estimate of drug-likeness (QED) is 0.212. The predicted molar refractivity (Wildman–Crippen MR) is 104 cm³/mol. The summed E-state index contributed by atoms with van der Waals surface area (Å²) in [7, 11) is 5.74. The first-order valence-electron chi connectivity index (χ1n) is 7.50. The van der Waals surface area contributed by atoms with Gasteiger partial charge in [-0.2, -0.15) is 0 Å². The molecular formula is C17H11BBr2O7. The van der Waals surface area contributed by atoms with Gasteiger partial charge in [-0.25, -0.2) is 0 Å². The summed E-state index contributed by atoms with van der Waals surface area (Å²) in [5.41, 5.74) is -0.542. The summed E-state index contributed by atoms with van der Waals surface area (Å²) >= 11 is 6.27. The van der Waals surface area contributed by atoms with Gasteiger partial charge in [0.15, 0.2) is 17.3 Å². The maximum atomic E-state index is 13.1. The van der Waals surface area contributed by atoms with Crippen LogP contribution in [0.1, 0.15) is 21.7 Å². The van der Waals surface area contributed by atoms with Gasteiger partial charge >= 0.3 is 0 Å². The van der Waals surface area contributed by atoms with E-state index in [0.29, 0.717) is 0 Å². The van der Waals surface area contributed by atoms with E-state index in [1.807, 2.05) is 0 Å². The number of ketones is 1. The Kier molecular flexibility index (Phi) is 5.15. The van der Waals surface area contributed by atoms with Crippen LogP contribution >= 0.6 is 31.9 Å². The van der Waals surface area contributed by atoms with Crippen LogP contribution < -0.4 is 5.46 Å². The van der Waals surface area contributed by atoms with Crippen molar-refractivity contribution >= 4 is 61.9 Å². The fraction of sp³-hybridized carbons (Fsp3) is 0.118. The number of aromatic hydroxyl groups is 4. The summed E-state index contributed by atoms with van der Waals surface area (Å²) in [6, 6.07) is 2.73. The lowest BCUT2D eigenvalue weighted by Gasteiger charge is -2.08. The van der Waals surface area contributed by atoms with Crippen molar-refractivity contribution in [3.63, 3.8) is 0 Å². The molecule has 0 unspecified atom stereocenters. The van der Waals surface area contributed by atoms with Crippen LogP contribution in [-0.2, 0) is 6.42 Å². The second-order valence-corrected chi connectivity index (χ2v) is 7.36. The number of halogens is 2. The van der Waals surface area contributed by atoms with Crippen LogP contribution in [0.25, 0.3) is 11.0 Å². The average Bonchev–Trinajstić information content (AvgIpc) is 3.01. The van der Waals surface area contributed by atoms with Crippen LogP contribution in [-0.4, -0.2) is 45.8 Å². The molecular weight excluding hydrogens is 487 g/mol. The minimum absolute atomic E-state index is 0.0184. The summed E-state index contributed by atoms with van der Waals surface area (Å²) in [6.07, 6.45) is -0.0728. The molecule has 7 nitrogen and oxygen atoms in total. The number of fused-ring (bicyclic) bond motifs is 1. The van der Waals surface area contributed by atoms with Crippen molar-refractivity contribution in [3.8, 4) is 23.0 Å². The number of phenols is 4. The zero-order valence-electron chi connectivity index (χ0n) is 13.5. The minimum atomic E-state index is -0.890. The Morgan fingerprint density at radius 3 is 2.15 bits per heavy atom. The third kappa shape index (κ3) is 3.07. The first kappa shape index (κ1) is 19.6. The Hall–Kier alpha value is -2.17. The van der Waals surface area contributed by atoms with Gasteiger partial charge in [0, 0.05) is 12.0 Å². The Morgan fingerprint density at radius 1 is 1.00 bits per heavy atom. The van der Waals surface area contributed by atoms with E-state index in [9.17, 15) is 30.3 Å². The van der Waals surface area contributed by atoms with Crippen molar-refractivity contribution in [2.45, 2.75) is 6.42 Å². The molecule has 3 aromatic rings. The summed E-state index contributed by atoms with van der Waals surface area (Å²) < 4.78 is 6.01. The highest BCUT2D eigenvalue weighted by Crippen LogP contribution is 2.44. The third-order valence-corrected chi connectivity index (χ3v) is 5.22. The van der Waals surface area contributed by atoms with E-state index in [1.165, 1.54) is 12.1 Å². The molecule has 0 fully saturated rings. The van der Waals surface area contributed by atoms with Gasteiger partial charge in [0.25, 0.3) is 0 Å². The number of aliphatic hydroxyl groups is 1. The second-order valence-electron chi connectivity index (χ2n) is 5.66. The summed E-state index contributed by atoms with van der Waals surface area (Å²) in [6.45, 7) is -0.359. The molecule has 0 aliphatic rings. The van der Waals surface area contributed by atoms with Crippen molar-refractivity contribution in [2.75, 3.05) is 6.61 Å². The highest BCUT2D eigenvalue weighted by atomic mass is 79.9. The number of rotatable bonds is 4. The van der Waals surface area contributed by atoms with Crippen LogP contribution in [0.4, 0.5) is 0 Å². The monoisotopic (exact) mass is 496 g/mol. The Balaban J connectivity index is 2.36. The number of benzene rings is 2. The first-order chi connectivity index (χ1) is 12.7. The number of carbonyl (C=O) groups is 1. The molecule has 0 saturated carbocycles. The molecule has 3 rings (SSSR count). The van der Waals surface area contributed by atoms with Gasteiger partial charge in [0.2, 0.25) is 5.75 Å². The van der Waals surface area contributed by atoms with Gasteiger partial charge in [0.1, 0.15) is 24.9 Å². The largest absolute Gasteiger partial charge is 0.506 e. The summed E-state index contributed by atoms with van der Waals surface area (Å²) in [5.74, 6) is -3.14. The molecule has 0 aliphatic heterocycles. The van der Waals surface area contributed by atoms with Gasteiger partial charge < -0.3 is 29.9 Å². The number of hydrogen-bond acceptors (Lipinski definition) is 7. The summed E-state index contributed by atoms with van der Waals surface area (Å²) in [4.78, 5) is 13.1. The normalized spacial score (nSPS) is 11.2. The van der Waals surface area contributed by atoms with Gasteiger partial charge in [-0.1, -0.05) is 0 Å². The molecule has 1 heterocycles. The Labute approximate surface area is 170 Å². The van der Waals surface area contributed by atoms with Crippen molar-refractivity contribution in [1.29, 1.82) is 0 Å². The number of furan rings is 1. The molecule has 0 bridgehead atoms. The highest BCUT2D eigenvalue weighted by molar-refractivity contribution is 9.11. The molecule has 0 atom stereocenters. The molecule has 0 spiro atoms. The highest BCUT2D eigenvalue weighted by Gasteiger charge is 2.29. The molecule has 2 radical (unpaired) electrons. The summed E-state index contributed by atoms with van der Waals surface area (Å²) in [5, 5.41) is 48.9. The lowest BCUT2D eigenvalue weighted by molar-refractivity contribution is 0.103. The number of phenolic OH excluding ortho intramolecular Hbond substituents is 4. The maximum Gasteiger partial charge on any atom is 0.200 e. The lowest BCUT2D eigenvalue weighted by Crippen LogP contribution is -2.07. The molecule has 1 aromatic heterocycles. The predicted octanol–water partition coefficient (Wildman–Crippen LogP) is 2.34. The van der Waals surface area contributed by atoms with E-state index < -0.39 is 23.0 Å². The van der Waals surface area contributed by atoms with Gasteiger partial charge in [-0.05, 0) is 49.5 Å². The maximum absolute atomic E-state index is 13.1. The van der Waals surface area contributed by atoms with Gasteiger partial charge in [0.05, 0.1) is 26.5 Å².